The van der Waals surface area contributed by atoms with Crippen LogP contribution in [0.15, 0.2) is 12.3 Å². The van der Waals surface area contributed by atoms with E-state index in [4.69, 9.17) is 0 Å². The first kappa shape index (κ1) is 13.3. The number of methoxy groups -OCH3 is 1. The number of carbonyl (C=O) groups excluding carboxylic acids is 1. The van der Waals surface area contributed by atoms with Gasteiger partial charge in [-0.25, -0.2) is 14.8 Å². The van der Waals surface area contributed by atoms with Crippen LogP contribution in [0.5, 0.6) is 0 Å². The Balaban J connectivity index is 2.03. The number of aromatic nitrogens is 2. The van der Waals surface area contributed by atoms with Crippen LogP contribution in [-0.2, 0) is 9.53 Å². The molecule has 1 aromatic heterocycles. The molecule has 0 radical (unpaired) electrons. The summed E-state index contributed by atoms with van der Waals surface area (Å²) in [6, 6.07) is 1.58. The second-order valence-electron chi connectivity index (χ2n) is 4.55. The van der Waals surface area contributed by atoms with E-state index in [0.29, 0.717) is 25.2 Å². The maximum Gasteiger partial charge on any atom is 0.376 e. The number of carbonyl (C=O) groups is 2. The zero-order valence-corrected chi connectivity index (χ0v) is 10.5. The topological polar surface area (TPSA) is 101 Å². The number of anilines is 1. The molecule has 0 spiro atoms. The van der Waals surface area contributed by atoms with Crippen molar-refractivity contribution in [2.45, 2.75) is 19.3 Å². The maximum absolute atomic E-state index is 11.3. The minimum Gasteiger partial charge on any atom is -0.481 e. The van der Waals surface area contributed by atoms with Crippen LogP contribution in [-0.4, -0.2) is 40.7 Å². The van der Waals surface area contributed by atoms with Gasteiger partial charge in [0, 0.05) is 12.7 Å². The van der Waals surface area contributed by atoms with Crippen LogP contribution in [0.4, 0.5) is 5.82 Å². The van der Waals surface area contributed by atoms with Crippen LogP contribution in [0.25, 0.3) is 0 Å². The second kappa shape index (κ2) is 5.21. The van der Waals surface area contributed by atoms with E-state index < -0.39 is 17.4 Å². The number of ether oxygens (including phenoxy) is 1. The SMILES string of the molecule is COC(=O)c1nccc(NCC2(C(=O)O)CCC2)n1. The summed E-state index contributed by atoms with van der Waals surface area (Å²) >= 11 is 0. The van der Waals surface area contributed by atoms with Crippen LogP contribution in [0, 0.1) is 5.41 Å². The van der Waals surface area contributed by atoms with Gasteiger partial charge < -0.3 is 15.2 Å². The molecule has 1 aliphatic rings. The summed E-state index contributed by atoms with van der Waals surface area (Å²) < 4.78 is 4.52. The minimum atomic E-state index is -0.798. The van der Waals surface area contributed by atoms with E-state index in [0.717, 1.165) is 6.42 Å². The fraction of sp³-hybridized carbons (Fsp3) is 0.500. The van der Waals surface area contributed by atoms with E-state index >= 15 is 0 Å². The fourth-order valence-corrected chi connectivity index (χ4v) is 1.98. The average Bonchev–Trinajstić information content (AvgIpc) is 2.36. The van der Waals surface area contributed by atoms with Gasteiger partial charge in [0.15, 0.2) is 0 Å². The van der Waals surface area contributed by atoms with E-state index in [2.05, 4.69) is 20.0 Å². The van der Waals surface area contributed by atoms with Crippen LogP contribution >= 0.6 is 0 Å². The average molecular weight is 265 g/mol. The zero-order chi connectivity index (χ0) is 13.9. The first-order valence-corrected chi connectivity index (χ1v) is 5.96. The van der Waals surface area contributed by atoms with Gasteiger partial charge in [-0.15, -0.1) is 0 Å². The summed E-state index contributed by atoms with van der Waals surface area (Å²) in [5.74, 6) is -1.05. The number of esters is 1. The van der Waals surface area contributed by atoms with Gasteiger partial charge in [0.1, 0.15) is 5.82 Å². The number of nitrogens with one attached hydrogen (secondary N) is 1. The molecule has 0 unspecified atom stereocenters. The molecule has 2 N–H and O–H groups in total. The van der Waals surface area contributed by atoms with Crippen molar-refractivity contribution in [2.75, 3.05) is 19.0 Å². The van der Waals surface area contributed by atoms with Crippen molar-refractivity contribution < 1.29 is 19.4 Å². The van der Waals surface area contributed by atoms with Crippen molar-refractivity contribution >= 4 is 17.8 Å². The molecule has 0 saturated heterocycles. The molecular weight excluding hydrogens is 250 g/mol. The summed E-state index contributed by atoms with van der Waals surface area (Å²) in [6.07, 6.45) is 3.66. The van der Waals surface area contributed by atoms with Crippen LogP contribution in [0.2, 0.25) is 0 Å². The van der Waals surface area contributed by atoms with Crippen molar-refractivity contribution in [3.05, 3.63) is 18.1 Å². The molecule has 2 rings (SSSR count). The molecule has 19 heavy (non-hydrogen) atoms. The Hall–Kier alpha value is -2.18. The van der Waals surface area contributed by atoms with Crippen molar-refractivity contribution in [1.82, 2.24) is 9.97 Å². The molecule has 7 nitrogen and oxygen atoms in total. The first-order chi connectivity index (χ1) is 9.07. The molecule has 1 aromatic rings. The van der Waals surface area contributed by atoms with Crippen LogP contribution in [0.3, 0.4) is 0 Å². The molecule has 1 saturated carbocycles. The van der Waals surface area contributed by atoms with Gasteiger partial charge in [-0.05, 0) is 18.9 Å². The Morgan fingerprint density at radius 2 is 2.26 bits per heavy atom. The van der Waals surface area contributed by atoms with Gasteiger partial charge in [-0.3, -0.25) is 4.79 Å². The van der Waals surface area contributed by atoms with E-state index in [-0.39, 0.29) is 5.82 Å². The Kier molecular flexibility index (Phi) is 3.64. The number of carboxylic acid groups (broad SMARTS) is 1. The third kappa shape index (κ3) is 2.64. The van der Waals surface area contributed by atoms with Crippen molar-refractivity contribution in [3.63, 3.8) is 0 Å². The molecule has 0 aliphatic heterocycles. The summed E-state index contributed by atoms with van der Waals surface area (Å²) in [5, 5.41) is 12.1. The van der Waals surface area contributed by atoms with Crippen LogP contribution in [0.1, 0.15) is 29.9 Å². The molecule has 1 fully saturated rings. The highest BCUT2D eigenvalue weighted by molar-refractivity contribution is 5.85. The molecule has 0 bridgehead atoms. The zero-order valence-electron chi connectivity index (χ0n) is 10.5. The second-order valence-corrected chi connectivity index (χ2v) is 4.55. The minimum absolute atomic E-state index is 0.0505. The maximum atomic E-state index is 11.3. The van der Waals surface area contributed by atoms with Gasteiger partial charge in [-0.1, -0.05) is 6.42 Å². The third-order valence-electron chi connectivity index (χ3n) is 3.40. The van der Waals surface area contributed by atoms with Gasteiger partial charge in [0.25, 0.3) is 0 Å². The molecule has 1 aliphatic carbocycles. The normalized spacial score (nSPS) is 16.3. The summed E-state index contributed by atoms with van der Waals surface area (Å²) in [7, 11) is 1.25. The van der Waals surface area contributed by atoms with E-state index in [1.165, 1.54) is 13.3 Å². The molecular formula is C12H15N3O4. The molecule has 1 heterocycles. The molecule has 7 heteroatoms. The Labute approximate surface area is 110 Å². The standard InChI is InChI=1S/C12H15N3O4/c1-19-10(16)9-13-6-3-8(15-9)14-7-12(11(17)18)4-2-5-12/h3,6H,2,4-5,7H2,1H3,(H,17,18)(H,13,14,15). The monoisotopic (exact) mass is 265 g/mol. The Morgan fingerprint density at radius 1 is 1.53 bits per heavy atom. The first-order valence-electron chi connectivity index (χ1n) is 5.96. The Bertz CT molecular complexity index is 500. The lowest BCUT2D eigenvalue weighted by molar-refractivity contribution is -0.153. The third-order valence-corrected chi connectivity index (χ3v) is 3.40. The highest BCUT2D eigenvalue weighted by atomic mass is 16.5. The van der Waals surface area contributed by atoms with Gasteiger partial charge >= 0.3 is 11.9 Å². The van der Waals surface area contributed by atoms with Crippen molar-refractivity contribution in [3.8, 4) is 0 Å². The Morgan fingerprint density at radius 3 is 2.79 bits per heavy atom. The summed E-state index contributed by atoms with van der Waals surface area (Å²) in [4.78, 5) is 30.2. The van der Waals surface area contributed by atoms with E-state index in [9.17, 15) is 14.7 Å². The van der Waals surface area contributed by atoms with Gasteiger partial charge in [-0.2, -0.15) is 0 Å². The predicted molar refractivity (Wildman–Crippen MR) is 65.8 cm³/mol. The number of aliphatic carboxylic acids is 1. The number of hydrogen-bond donors (Lipinski definition) is 2. The van der Waals surface area contributed by atoms with Gasteiger partial charge in [0.05, 0.1) is 12.5 Å². The number of hydrogen-bond acceptors (Lipinski definition) is 6. The number of rotatable bonds is 5. The van der Waals surface area contributed by atoms with Crippen molar-refractivity contribution in [2.24, 2.45) is 5.41 Å². The molecule has 0 amide bonds. The highest BCUT2D eigenvalue weighted by Crippen LogP contribution is 2.41. The largest absolute Gasteiger partial charge is 0.481 e. The molecule has 102 valence electrons. The lowest BCUT2D eigenvalue weighted by Gasteiger charge is -2.37. The van der Waals surface area contributed by atoms with E-state index in [1.54, 1.807) is 6.07 Å². The van der Waals surface area contributed by atoms with Crippen LogP contribution < -0.4 is 5.32 Å². The van der Waals surface area contributed by atoms with Crippen molar-refractivity contribution in [1.29, 1.82) is 0 Å². The highest BCUT2D eigenvalue weighted by Gasteiger charge is 2.44. The molecule has 0 atom stereocenters. The fourth-order valence-electron chi connectivity index (χ4n) is 1.98. The van der Waals surface area contributed by atoms with E-state index in [1.807, 2.05) is 0 Å². The number of nitrogens with zero attached hydrogens (tertiary/aromatic N) is 2. The predicted octanol–water partition coefficient (Wildman–Crippen LogP) is 0.930. The smallest absolute Gasteiger partial charge is 0.376 e. The lowest BCUT2D eigenvalue weighted by Crippen LogP contribution is -2.43. The quantitative estimate of drug-likeness (QED) is 0.763. The molecule has 0 aromatic carbocycles. The lowest BCUT2D eigenvalue weighted by atomic mass is 9.69. The summed E-state index contributed by atoms with van der Waals surface area (Å²) in [6.45, 7) is 0.292. The van der Waals surface area contributed by atoms with Gasteiger partial charge in [0.2, 0.25) is 5.82 Å². The summed E-state index contributed by atoms with van der Waals surface area (Å²) in [5.41, 5.74) is -0.712. The number of carboxylic acids is 1.